The summed E-state index contributed by atoms with van der Waals surface area (Å²) in [6.45, 7) is 6.41. The van der Waals surface area contributed by atoms with Crippen LogP contribution in [0.5, 0.6) is 0 Å². The van der Waals surface area contributed by atoms with E-state index in [9.17, 15) is 9.90 Å². The molecule has 1 unspecified atom stereocenters. The van der Waals surface area contributed by atoms with Crippen molar-refractivity contribution in [1.29, 1.82) is 0 Å². The van der Waals surface area contributed by atoms with E-state index in [0.717, 1.165) is 12.0 Å². The van der Waals surface area contributed by atoms with Crippen molar-refractivity contribution in [2.75, 3.05) is 6.73 Å². The summed E-state index contributed by atoms with van der Waals surface area (Å²) >= 11 is 0. The average molecular weight is 291 g/mol. The Morgan fingerprint density at radius 2 is 1.95 bits per heavy atom. The molecular weight excluding hydrogens is 266 g/mol. The minimum absolute atomic E-state index is 0.0357. The summed E-state index contributed by atoms with van der Waals surface area (Å²) < 4.78 is 5.69. The standard InChI is InChI=1S/C15H19NO3.C2H6/c1-2-13(11-6-4-3-5-7-11)16-10-19-15(14(16)18)8-12(17)9-15;1-2/h3-7,12-13,17H,2,8-10H2,1H3;1-2H3. The van der Waals surface area contributed by atoms with Crippen LogP contribution in [0.1, 0.15) is 51.6 Å². The van der Waals surface area contributed by atoms with Crippen LogP contribution >= 0.6 is 0 Å². The Balaban J connectivity index is 0.000000774. The molecule has 1 saturated heterocycles. The van der Waals surface area contributed by atoms with Gasteiger partial charge in [0.15, 0.2) is 5.60 Å². The molecule has 2 aliphatic rings. The summed E-state index contributed by atoms with van der Waals surface area (Å²) in [6.07, 6.45) is 1.35. The summed E-state index contributed by atoms with van der Waals surface area (Å²) in [7, 11) is 0. The Morgan fingerprint density at radius 3 is 2.48 bits per heavy atom. The highest BCUT2D eigenvalue weighted by Crippen LogP contribution is 2.44. The molecule has 0 bridgehead atoms. The SMILES string of the molecule is CC.CCC(c1ccccc1)N1COC2(CC(O)C2)C1=O. The van der Waals surface area contributed by atoms with Gasteiger partial charge in [-0.05, 0) is 12.0 Å². The number of aliphatic hydroxyl groups excluding tert-OH is 1. The molecule has 116 valence electrons. The van der Waals surface area contributed by atoms with Crippen molar-refractivity contribution < 1.29 is 14.6 Å². The maximum absolute atomic E-state index is 12.5. The van der Waals surface area contributed by atoms with Gasteiger partial charge in [-0.25, -0.2) is 0 Å². The Kier molecular flexibility index (Phi) is 5.01. The van der Waals surface area contributed by atoms with Crippen LogP contribution in [-0.4, -0.2) is 34.3 Å². The van der Waals surface area contributed by atoms with Crippen molar-refractivity contribution >= 4 is 5.91 Å². The van der Waals surface area contributed by atoms with Crippen molar-refractivity contribution in [2.24, 2.45) is 0 Å². The van der Waals surface area contributed by atoms with Crippen molar-refractivity contribution in [2.45, 2.75) is 57.8 Å². The third-order valence-corrected chi connectivity index (χ3v) is 4.21. The predicted molar refractivity (Wildman–Crippen MR) is 81.6 cm³/mol. The van der Waals surface area contributed by atoms with E-state index in [2.05, 4.69) is 6.92 Å². The van der Waals surface area contributed by atoms with E-state index in [1.807, 2.05) is 44.2 Å². The molecule has 4 nitrogen and oxygen atoms in total. The van der Waals surface area contributed by atoms with Crippen LogP contribution in [0.3, 0.4) is 0 Å². The molecule has 1 aliphatic carbocycles. The number of aliphatic hydroxyl groups is 1. The second-order valence-corrected chi connectivity index (χ2v) is 5.44. The smallest absolute Gasteiger partial charge is 0.257 e. The maximum atomic E-state index is 12.5. The van der Waals surface area contributed by atoms with E-state index < -0.39 is 5.60 Å². The molecule has 1 amide bonds. The fourth-order valence-electron chi connectivity index (χ4n) is 3.11. The molecule has 1 aliphatic heterocycles. The van der Waals surface area contributed by atoms with E-state index in [0.29, 0.717) is 19.6 Å². The molecule has 1 saturated carbocycles. The second-order valence-electron chi connectivity index (χ2n) is 5.44. The van der Waals surface area contributed by atoms with Gasteiger partial charge in [-0.1, -0.05) is 51.1 Å². The van der Waals surface area contributed by atoms with Gasteiger partial charge in [0.25, 0.3) is 5.91 Å². The fourth-order valence-corrected chi connectivity index (χ4v) is 3.11. The summed E-state index contributed by atoms with van der Waals surface area (Å²) in [5.41, 5.74) is 0.403. The Labute approximate surface area is 126 Å². The molecule has 1 heterocycles. The summed E-state index contributed by atoms with van der Waals surface area (Å²) in [5.74, 6) is 0.0357. The lowest BCUT2D eigenvalue weighted by Crippen LogP contribution is -2.54. The molecule has 1 N–H and O–H groups in total. The van der Waals surface area contributed by atoms with Gasteiger partial charge in [0.2, 0.25) is 0 Å². The first kappa shape index (κ1) is 16.0. The molecule has 1 spiro atoms. The van der Waals surface area contributed by atoms with Crippen LogP contribution in [-0.2, 0) is 9.53 Å². The minimum atomic E-state index is -0.735. The van der Waals surface area contributed by atoms with Crippen LogP contribution in [0.15, 0.2) is 30.3 Å². The number of ether oxygens (including phenoxy) is 1. The number of hydrogen-bond acceptors (Lipinski definition) is 3. The Bertz CT molecular complexity index is 468. The summed E-state index contributed by atoms with van der Waals surface area (Å²) in [5, 5.41) is 9.44. The quantitative estimate of drug-likeness (QED) is 0.931. The van der Waals surface area contributed by atoms with Gasteiger partial charge < -0.3 is 14.7 Å². The zero-order valence-corrected chi connectivity index (χ0v) is 13.1. The first-order chi connectivity index (χ1) is 10.2. The molecule has 4 heteroatoms. The molecule has 21 heavy (non-hydrogen) atoms. The van der Waals surface area contributed by atoms with E-state index in [-0.39, 0.29) is 18.1 Å². The van der Waals surface area contributed by atoms with E-state index in [4.69, 9.17) is 4.74 Å². The predicted octanol–water partition coefficient (Wildman–Crippen LogP) is 2.87. The molecule has 1 atom stereocenters. The second kappa shape index (κ2) is 6.58. The number of carbonyl (C=O) groups is 1. The number of amides is 1. The van der Waals surface area contributed by atoms with Crippen LogP contribution < -0.4 is 0 Å². The van der Waals surface area contributed by atoms with Crippen LogP contribution in [0.2, 0.25) is 0 Å². The molecule has 0 radical (unpaired) electrons. The number of rotatable bonds is 3. The zero-order valence-electron chi connectivity index (χ0n) is 13.1. The molecule has 0 aromatic heterocycles. The summed E-state index contributed by atoms with van der Waals surface area (Å²) in [6, 6.07) is 10.1. The molecule has 3 rings (SSSR count). The maximum Gasteiger partial charge on any atom is 0.257 e. The minimum Gasteiger partial charge on any atom is -0.393 e. The number of benzene rings is 1. The molecule has 2 fully saturated rings. The van der Waals surface area contributed by atoms with Gasteiger partial charge in [-0.3, -0.25) is 4.79 Å². The van der Waals surface area contributed by atoms with Gasteiger partial charge in [0, 0.05) is 12.8 Å². The lowest BCUT2D eigenvalue weighted by atomic mass is 9.76. The molecular formula is C17H25NO3. The fraction of sp³-hybridized carbons (Fsp3) is 0.588. The number of carbonyl (C=O) groups excluding carboxylic acids is 1. The first-order valence-electron chi connectivity index (χ1n) is 7.84. The zero-order chi connectivity index (χ0) is 15.5. The monoisotopic (exact) mass is 291 g/mol. The third-order valence-electron chi connectivity index (χ3n) is 4.21. The topological polar surface area (TPSA) is 49.8 Å². The van der Waals surface area contributed by atoms with E-state index in [1.165, 1.54) is 0 Å². The van der Waals surface area contributed by atoms with Gasteiger partial charge in [0.1, 0.15) is 6.73 Å². The summed E-state index contributed by atoms with van der Waals surface area (Å²) in [4.78, 5) is 14.3. The first-order valence-corrected chi connectivity index (χ1v) is 7.84. The molecule has 1 aromatic rings. The van der Waals surface area contributed by atoms with Crippen molar-refractivity contribution in [3.05, 3.63) is 35.9 Å². The Morgan fingerprint density at radius 1 is 1.33 bits per heavy atom. The van der Waals surface area contributed by atoms with Crippen molar-refractivity contribution in [1.82, 2.24) is 4.90 Å². The highest BCUT2D eigenvalue weighted by Gasteiger charge is 2.57. The van der Waals surface area contributed by atoms with Gasteiger partial charge in [0.05, 0.1) is 12.1 Å². The largest absolute Gasteiger partial charge is 0.393 e. The van der Waals surface area contributed by atoms with Gasteiger partial charge >= 0.3 is 0 Å². The lowest BCUT2D eigenvalue weighted by Gasteiger charge is -2.39. The van der Waals surface area contributed by atoms with E-state index >= 15 is 0 Å². The van der Waals surface area contributed by atoms with Crippen LogP contribution in [0.25, 0.3) is 0 Å². The van der Waals surface area contributed by atoms with Gasteiger partial charge in [-0.15, -0.1) is 0 Å². The number of hydrogen-bond donors (Lipinski definition) is 1. The van der Waals surface area contributed by atoms with Crippen molar-refractivity contribution in [3.63, 3.8) is 0 Å². The Hall–Kier alpha value is -1.39. The average Bonchev–Trinajstić information content (AvgIpc) is 2.82. The highest BCUT2D eigenvalue weighted by molar-refractivity contribution is 5.88. The van der Waals surface area contributed by atoms with E-state index in [1.54, 1.807) is 4.90 Å². The van der Waals surface area contributed by atoms with Crippen LogP contribution in [0, 0.1) is 0 Å². The lowest BCUT2D eigenvalue weighted by molar-refractivity contribution is -0.158. The van der Waals surface area contributed by atoms with Crippen LogP contribution in [0.4, 0.5) is 0 Å². The van der Waals surface area contributed by atoms with Crippen molar-refractivity contribution in [3.8, 4) is 0 Å². The number of nitrogens with zero attached hydrogens (tertiary/aromatic N) is 1. The highest BCUT2D eigenvalue weighted by atomic mass is 16.5. The normalized spacial score (nSPS) is 28.9. The third kappa shape index (κ3) is 2.83. The van der Waals surface area contributed by atoms with Gasteiger partial charge in [-0.2, -0.15) is 0 Å². The molecule has 1 aromatic carbocycles.